The SMILES string of the molecule is CCn1c(C)cc(/C=C/C(=O)OC)c1C. The lowest BCUT2D eigenvalue weighted by Gasteiger charge is -2.04. The topological polar surface area (TPSA) is 31.2 Å². The molecule has 1 aromatic heterocycles. The highest BCUT2D eigenvalue weighted by Crippen LogP contribution is 2.16. The van der Waals surface area contributed by atoms with E-state index < -0.39 is 0 Å². The number of methoxy groups -OCH3 is 1. The summed E-state index contributed by atoms with van der Waals surface area (Å²) in [6, 6.07) is 2.07. The summed E-state index contributed by atoms with van der Waals surface area (Å²) < 4.78 is 6.75. The fourth-order valence-electron chi connectivity index (χ4n) is 1.71. The molecule has 1 heterocycles. The van der Waals surface area contributed by atoms with Gasteiger partial charge in [-0.05, 0) is 38.5 Å². The Bertz CT molecular complexity index is 389. The number of hydrogen-bond acceptors (Lipinski definition) is 2. The van der Waals surface area contributed by atoms with Crippen LogP contribution in [0.3, 0.4) is 0 Å². The van der Waals surface area contributed by atoms with E-state index in [-0.39, 0.29) is 5.97 Å². The van der Waals surface area contributed by atoms with Crippen LogP contribution in [-0.2, 0) is 16.1 Å². The van der Waals surface area contributed by atoms with Gasteiger partial charge in [-0.15, -0.1) is 0 Å². The maximum atomic E-state index is 10.9. The minimum Gasteiger partial charge on any atom is -0.466 e. The third kappa shape index (κ3) is 2.49. The van der Waals surface area contributed by atoms with Crippen LogP contribution in [0.25, 0.3) is 6.08 Å². The van der Waals surface area contributed by atoms with Crippen molar-refractivity contribution < 1.29 is 9.53 Å². The zero-order chi connectivity index (χ0) is 11.4. The van der Waals surface area contributed by atoms with Crippen molar-refractivity contribution in [3.05, 3.63) is 29.1 Å². The molecule has 0 amide bonds. The van der Waals surface area contributed by atoms with Crippen molar-refractivity contribution in [1.82, 2.24) is 4.57 Å². The van der Waals surface area contributed by atoms with Crippen LogP contribution >= 0.6 is 0 Å². The van der Waals surface area contributed by atoms with E-state index >= 15 is 0 Å². The van der Waals surface area contributed by atoms with E-state index in [1.807, 2.05) is 6.92 Å². The van der Waals surface area contributed by atoms with E-state index in [2.05, 4.69) is 29.2 Å². The lowest BCUT2D eigenvalue weighted by Crippen LogP contribution is -1.98. The summed E-state index contributed by atoms with van der Waals surface area (Å²) in [5.74, 6) is -0.323. The molecule has 3 nitrogen and oxygen atoms in total. The molecular weight excluding hydrogens is 190 g/mol. The molecule has 0 atom stereocenters. The lowest BCUT2D eigenvalue weighted by atomic mass is 10.2. The fraction of sp³-hybridized carbons (Fsp3) is 0.417. The Morgan fingerprint density at radius 3 is 2.67 bits per heavy atom. The molecule has 82 valence electrons. The first-order valence-corrected chi connectivity index (χ1v) is 5.03. The maximum absolute atomic E-state index is 10.9. The minimum absolute atomic E-state index is 0.323. The van der Waals surface area contributed by atoms with Gasteiger partial charge in [-0.3, -0.25) is 0 Å². The number of carbonyl (C=O) groups is 1. The average molecular weight is 207 g/mol. The molecule has 1 aromatic rings. The van der Waals surface area contributed by atoms with Gasteiger partial charge in [-0.1, -0.05) is 0 Å². The molecule has 15 heavy (non-hydrogen) atoms. The number of hydrogen-bond donors (Lipinski definition) is 0. The van der Waals surface area contributed by atoms with Crippen LogP contribution in [0.5, 0.6) is 0 Å². The Hall–Kier alpha value is -1.51. The third-order valence-corrected chi connectivity index (χ3v) is 2.53. The van der Waals surface area contributed by atoms with Gasteiger partial charge >= 0.3 is 5.97 Å². The number of rotatable bonds is 3. The van der Waals surface area contributed by atoms with Crippen molar-refractivity contribution in [3.63, 3.8) is 0 Å². The standard InChI is InChI=1S/C12H17NO2/c1-5-13-9(2)8-11(10(13)3)6-7-12(14)15-4/h6-8H,5H2,1-4H3/b7-6+. The van der Waals surface area contributed by atoms with Crippen LogP contribution < -0.4 is 0 Å². The second-order valence-electron chi connectivity index (χ2n) is 3.43. The number of esters is 1. The Kier molecular flexibility index (Phi) is 3.72. The van der Waals surface area contributed by atoms with Crippen molar-refractivity contribution in [3.8, 4) is 0 Å². The van der Waals surface area contributed by atoms with Crippen LogP contribution in [0.2, 0.25) is 0 Å². The van der Waals surface area contributed by atoms with Gasteiger partial charge in [0.2, 0.25) is 0 Å². The van der Waals surface area contributed by atoms with Gasteiger partial charge in [-0.2, -0.15) is 0 Å². The van der Waals surface area contributed by atoms with E-state index in [4.69, 9.17) is 0 Å². The summed E-state index contributed by atoms with van der Waals surface area (Å²) in [6.07, 6.45) is 3.24. The highest BCUT2D eigenvalue weighted by molar-refractivity contribution is 5.87. The predicted molar refractivity (Wildman–Crippen MR) is 60.6 cm³/mol. The molecule has 0 aromatic carbocycles. The molecule has 0 saturated carbocycles. The Morgan fingerprint density at radius 1 is 1.53 bits per heavy atom. The van der Waals surface area contributed by atoms with Gasteiger partial charge in [0.25, 0.3) is 0 Å². The summed E-state index contributed by atoms with van der Waals surface area (Å²) >= 11 is 0. The smallest absolute Gasteiger partial charge is 0.330 e. The number of aryl methyl sites for hydroxylation is 1. The number of aromatic nitrogens is 1. The summed E-state index contributed by atoms with van der Waals surface area (Å²) in [7, 11) is 1.38. The van der Waals surface area contributed by atoms with Crippen LogP contribution in [0, 0.1) is 13.8 Å². The van der Waals surface area contributed by atoms with Gasteiger partial charge < -0.3 is 9.30 Å². The molecule has 0 spiro atoms. The van der Waals surface area contributed by atoms with Crippen molar-refractivity contribution >= 4 is 12.0 Å². The fourth-order valence-corrected chi connectivity index (χ4v) is 1.71. The van der Waals surface area contributed by atoms with Crippen molar-refractivity contribution in [2.45, 2.75) is 27.3 Å². The molecule has 0 N–H and O–H groups in total. The molecule has 0 bridgehead atoms. The van der Waals surface area contributed by atoms with E-state index in [0.29, 0.717) is 0 Å². The molecule has 0 aliphatic carbocycles. The summed E-state index contributed by atoms with van der Waals surface area (Å²) in [6.45, 7) is 7.16. The molecule has 0 radical (unpaired) electrons. The number of nitrogens with zero attached hydrogens (tertiary/aromatic N) is 1. The Labute approximate surface area is 90.4 Å². The van der Waals surface area contributed by atoms with Crippen LogP contribution in [0.15, 0.2) is 12.1 Å². The predicted octanol–water partition coefficient (Wildman–Crippen LogP) is 2.31. The van der Waals surface area contributed by atoms with Crippen molar-refractivity contribution in [1.29, 1.82) is 0 Å². The maximum Gasteiger partial charge on any atom is 0.330 e. The van der Waals surface area contributed by atoms with Crippen LogP contribution in [-0.4, -0.2) is 17.6 Å². The number of carbonyl (C=O) groups excluding carboxylic acids is 1. The molecule has 0 aliphatic rings. The first-order valence-electron chi connectivity index (χ1n) is 5.03. The average Bonchev–Trinajstić information content (AvgIpc) is 2.50. The van der Waals surface area contributed by atoms with Crippen molar-refractivity contribution in [2.75, 3.05) is 7.11 Å². The van der Waals surface area contributed by atoms with Gasteiger partial charge in [-0.25, -0.2) is 4.79 Å². The zero-order valence-corrected chi connectivity index (χ0v) is 9.70. The molecule has 0 saturated heterocycles. The summed E-state index contributed by atoms with van der Waals surface area (Å²) in [5.41, 5.74) is 3.45. The third-order valence-electron chi connectivity index (χ3n) is 2.53. The molecule has 0 unspecified atom stereocenters. The van der Waals surface area contributed by atoms with E-state index in [1.165, 1.54) is 24.6 Å². The Balaban J connectivity index is 2.96. The van der Waals surface area contributed by atoms with Crippen LogP contribution in [0.1, 0.15) is 23.9 Å². The highest BCUT2D eigenvalue weighted by Gasteiger charge is 2.05. The minimum atomic E-state index is -0.323. The Morgan fingerprint density at radius 2 is 2.20 bits per heavy atom. The second kappa shape index (κ2) is 4.82. The van der Waals surface area contributed by atoms with Gasteiger partial charge in [0, 0.05) is 24.0 Å². The highest BCUT2D eigenvalue weighted by atomic mass is 16.5. The second-order valence-corrected chi connectivity index (χ2v) is 3.43. The monoisotopic (exact) mass is 207 g/mol. The molecule has 1 rings (SSSR count). The quantitative estimate of drug-likeness (QED) is 0.562. The molecule has 0 aliphatic heterocycles. The van der Waals surface area contributed by atoms with E-state index in [1.54, 1.807) is 6.08 Å². The first-order chi connectivity index (χ1) is 7.10. The van der Waals surface area contributed by atoms with Crippen molar-refractivity contribution in [2.24, 2.45) is 0 Å². The van der Waals surface area contributed by atoms with Gasteiger partial charge in [0.05, 0.1) is 7.11 Å². The first kappa shape index (κ1) is 11.6. The van der Waals surface area contributed by atoms with E-state index in [9.17, 15) is 4.79 Å². The molecule has 3 heteroatoms. The largest absolute Gasteiger partial charge is 0.466 e. The molecular formula is C12H17NO2. The molecule has 0 fully saturated rings. The van der Waals surface area contributed by atoms with Gasteiger partial charge in [0.15, 0.2) is 0 Å². The van der Waals surface area contributed by atoms with Gasteiger partial charge in [0.1, 0.15) is 0 Å². The van der Waals surface area contributed by atoms with Crippen LogP contribution in [0.4, 0.5) is 0 Å². The summed E-state index contributed by atoms with van der Waals surface area (Å²) in [5, 5.41) is 0. The normalized spacial score (nSPS) is 10.9. The summed E-state index contributed by atoms with van der Waals surface area (Å²) in [4.78, 5) is 10.9. The lowest BCUT2D eigenvalue weighted by molar-refractivity contribution is -0.134. The van der Waals surface area contributed by atoms with E-state index in [0.717, 1.165) is 12.1 Å². The zero-order valence-electron chi connectivity index (χ0n) is 9.70. The number of ether oxygens (including phenoxy) is 1.